The average Bonchev–Trinajstić information content (AvgIpc) is 2.85. The standard InChI is InChI=1S/C13H20BrNS/c1-3-13(6-4-5-7-13)12(15)10-8-11(14)16-9(10)2/h8,12H,3-7,15H2,1-2H3. The maximum Gasteiger partial charge on any atom is 0.0704 e. The van der Waals surface area contributed by atoms with Crippen LogP contribution < -0.4 is 5.73 Å². The van der Waals surface area contributed by atoms with E-state index in [1.807, 2.05) is 0 Å². The first-order chi connectivity index (χ1) is 7.59. The third kappa shape index (κ3) is 2.09. The minimum atomic E-state index is 0.225. The Labute approximate surface area is 111 Å². The predicted molar refractivity (Wildman–Crippen MR) is 74.9 cm³/mol. The van der Waals surface area contributed by atoms with Gasteiger partial charge in [-0.3, -0.25) is 0 Å². The van der Waals surface area contributed by atoms with E-state index >= 15 is 0 Å². The molecule has 1 aliphatic rings. The smallest absolute Gasteiger partial charge is 0.0704 e. The van der Waals surface area contributed by atoms with Gasteiger partial charge in [0.2, 0.25) is 0 Å². The molecule has 0 amide bonds. The molecule has 2 rings (SSSR count). The van der Waals surface area contributed by atoms with Gasteiger partial charge >= 0.3 is 0 Å². The molecular weight excluding hydrogens is 282 g/mol. The molecule has 0 saturated heterocycles. The van der Waals surface area contributed by atoms with E-state index in [4.69, 9.17) is 5.73 Å². The molecule has 1 unspecified atom stereocenters. The summed E-state index contributed by atoms with van der Waals surface area (Å²) in [7, 11) is 0. The molecule has 16 heavy (non-hydrogen) atoms. The molecule has 3 heteroatoms. The van der Waals surface area contributed by atoms with Crippen LogP contribution in [0.15, 0.2) is 9.85 Å². The average molecular weight is 302 g/mol. The molecule has 1 aliphatic carbocycles. The molecule has 1 aromatic heterocycles. The van der Waals surface area contributed by atoms with Gasteiger partial charge in [-0.15, -0.1) is 11.3 Å². The molecule has 0 aliphatic heterocycles. The van der Waals surface area contributed by atoms with Gasteiger partial charge < -0.3 is 5.73 Å². The summed E-state index contributed by atoms with van der Waals surface area (Å²) < 4.78 is 1.21. The molecule has 1 aromatic rings. The van der Waals surface area contributed by atoms with E-state index in [1.54, 1.807) is 11.3 Å². The summed E-state index contributed by atoms with van der Waals surface area (Å²) in [6, 6.07) is 2.45. The highest BCUT2D eigenvalue weighted by molar-refractivity contribution is 9.11. The van der Waals surface area contributed by atoms with Crippen LogP contribution in [0.3, 0.4) is 0 Å². The summed E-state index contributed by atoms with van der Waals surface area (Å²) in [4.78, 5) is 1.37. The fourth-order valence-corrected chi connectivity index (χ4v) is 4.82. The molecule has 1 heterocycles. The second-order valence-electron chi connectivity index (χ2n) is 4.96. The van der Waals surface area contributed by atoms with E-state index in [0.717, 1.165) is 0 Å². The van der Waals surface area contributed by atoms with Crippen LogP contribution in [0.25, 0.3) is 0 Å². The van der Waals surface area contributed by atoms with Crippen molar-refractivity contribution in [2.24, 2.45) is 11.1 Å². The van der Waals surface area contributed by atoms with Gasteiger partial charge in [0.25, 0.3) is 0 Å². The lowest BCUT2D eigenvalue weighted by Gasteiger charge is -2.34. The van der Waals surface area contributed by atoms with Crippen molar-refractivity contribution in [3.05, 3.63) is 20.3 Å². The lowest BCUT2D eigenvalue weighted by Crippen LogP contribution is -2.31. The van der Waals surface area contributed by atoms with E-state index in [2.05, 4.69) is 35.8 Å². The first kappa shape index (κ1) is 12.6. The van der Waals surface area contributed by atoms with Crippen LogP contribution in [0.5, 0.6) is 0 Å². The fourth-order valence-electron chi connectivity index (χ4n) is 3.06. The molecular formula is C13H20BrNS. The van der Waals surface area contributed by atoms with Crippen LogP contribution in [-0.2, 0) is 0 Å². The summed E-state index contributed by atoms with van der Waals surface area (Å²) in [5, 5.41) is 0. The second kappa shape index (κ2) is 4.79. The van der Waals surface area contributed by atoms with Gasteiger partial charge in [0.05, 0.1) is 3.79 Å². The van der Waals surface area contributed by atoms with Crippen molar-refractivity contribution in [2.75, 3.05) is 0 Å². The van der Waals surface area contributed by atoms with Crippen molar-refractivity contribution < 1.29 is 0 Å². The Balaban J connectivity index is 2.29. The van der Waals surface area contributed by atoms with Crippen LogP contribution in [0.4, 0.5) is 0 Å². The molecule has 0 spiro atoms. The third-order valence-corrected chi connectivity index (χ3v) is 5.79. The van der Waals surface area contributed by atoms with Crippen molar-refractivity contribution in [1.82, 2.24) is 0 Å². The zero-order chi connectivity index (χ0) is 11.8. The lowest BCUT2D eigenvalue weighted by molar-refractivity contribution is 0.222. The van der Waals surface area contributed by atoms with Gasteiger partial charge in [0.1, 0.15) is 0 Å². The maximum atomic E-state index is 6.55. The van der Waals surface area contributed by atoms with Crippen molar-refractivity contribution >= 4 is 27.3 Å². The quantitative estimate of drug-likeness (QED) is 0.853. The molecule has 0 aromatic carbocycles. The zero-order valence-electron chi connectivity index (χ0n) is 10.1. The number of nitrogens with two attached hydrogens (primary N) is 1. The van der Waals surface area contributed by atoms with Crippen molar-refractivity contribution in [3.63, 3.8) is 0 Å². The fraction of sp³-hybridized carbons (Fsp3) is 0.692. The molecule has 1 fully saturated rings. The Hall–Kier alpha value is 0.140. The van der Waals surface area contributed by atoms with E-state index in [9.17, 15) is 0 Å². The summed E-state index contributed by atoms with van der Waals surface area (Å²) >= 11 is 5.36. The van der Waals surface area contributed by atoms with Gasteiger partial charge in [-0.25, -0.2) is 0 Å². The Morgan fingerprint density at radius 1 is 1.50 bits per heavy atom. The normalized spacial score (nSPS) is 21.2. The predicted octanol–water partition coefficient (Wildman–Crippen LogP) is 4.79. The monoisotopic (exact) mass is 301 g/mol. The van der Waals surface area contributed by atoms with Crippen LogP contribution in [0, 0.1) is 12.3 Å². The number of aryl methyl sites for hydroxylation is 1. The van der Waals surface area contributed by atoms with Gasteiger partial charge in [-0.05, 0) is 59.2 Å². The molecule has 1 nitrogen and oxygen atoms in total. The molecule has 1 atom stereocenters. The SMILES string of the molecule is CCC1(C(N)c2cc(Br)sc2C)CCCC1. The lowest BCUT2D eigenvalue weighted by atomic mass is 9.74. The summed E-state index contributed by atoms with van der Waals surface area (Å²) in [5.41, 5.74) is 8.27. The Kier molecular flexibility index (Phi) is 3.77. The van der Waals surface area contributed by atoms with Gasteiger partial charge in [-0.1, -0.05) is 19.8 Å². The van der Waals surface area contributed by atoms with E-state index in [0.29, 0.717) is 5.41 Å². The van der Waals surface area contributed by atoms with E-state index < -0.39 is 0 Å². The second-order valence-corrected chi connectivity index (χ2v) is 7.60. The zero-order valence-corrected chi connectivity index (χ0v) is 12.5. The van der Waals surface area contributed by atoms with Crippen LogP contribution in [0.2, 0.25) is 0 Å². The largest absolute Gasteiger partial charge is 0.323 e. The number of thiophene rings is 1. The topological polar surface area (TPSA) is 26.0 Å². The summed E-state index contributed by atoms with van der Waals surface area (Å²) in [6.07, 6.45) is 6.52. The minimum Gasteiger partial charge on any atom is -0.323 e. The van der Waals surface area contributed by atoms with Gasteiger partial charge in [0, 0.05) is 10.9 Å². The highest BCUT2D eigenvalue weighted by Gasteiger charge is 2.39. The van der Waals surface area contributed by atoms with Crippen molar-refractivity contribution in [2.45, 2.75) is 52.0 Å². The van der Waals surface area contributed by atoms with Crippen LogP contribution in [0.1, 0.15) is 55.5 Å². The Bertz CT molecular complexity index is 366. The number of rotatable bonds is 3. The molecule has 90 valence electrons. The highest BCUT2D eigenvalue weighted by Crippen LogP contribution is 2.50. The third-order valence-electron chi connectivity index (χ3n) is 4.22. The van der Waals surface area contributed by atoms with E-state index in [1.165, 1.54) is 46.3 Å². The number of hydrogen-bond donors (Lipinski definition) is 1. The summed E-state index contributed by atoms with van der Waals surface area (Å²) in [6.45, 7) is 4.48. The van der Waals surface area contributed by atoms with Crippen molar-refractivity contribution in [3.8, 4) is 0 Å². The number of hydrogen-bond acceptors (Lipinski definition) is 2. The molecule has 2 N–H and O–H groups in total. The maximum absolute atomic E-state index is 6.55. The molecule has 0 bridgehead atoms. The molecule has 0 radical (unpaired) electrons. The van der Waals surface area contributed by atoms with Crippen LogP contribution >= 0.6 is 27.3 Å². The Morgan fingerprint density at radius 2 is 2.12 bits per heavy atom. The molecule has 1 saturated carbocycles. The first-order valence-electron chi connectivity index (χ1n) is 6.10. The van der Waals surface area contributed by atoms with Gasteiger partial charge in [-0.2, -0.15) is 0 Å². The highest BCUT2D eigenvalue weighted by atomic mass is 79.9. The first-order valence-corrected chi connectivity index (χ1v) is 7.71. The Morgan fingerprint density at radius 3 is 2.56 bits per heavy atom. The van der Waals surface area contributed by atoms with Crippen molar-refractivity contribution in [1.29, 1.82) is 0 Å². The summed E-state index contributed by atoms with van der Waals surface area (Å²) in [5.74, 6) is 0. The van der Waals surface area contributed by atoms with Gasteiger partial charge in [0.15, 0.2) is 0 Å². The van der Waals surface area contributed by atoms with E-state index in [-0.39, 0.29) is 6.04 Å². The number of halogens is 1. The van der Waals surface area contributed by atoms with Crippen LogP contribution in [-0.4, -0.2) is 0 Å². The minimum absolute atomic E-state index is 0.225.